The minimum Gasteiger partial charge on any atom is -0.396 e. The Morgan fingerprint density at radius 3 is 2.78 bits per heavy atom. The van der Waals surface area contributed by atoms with Crippen molar-refractivity contribution in [2.45, 2.75) is 0 Å². The van der Waals surface area contributed by atoms with Crippen molar-refractivity contribution in [1.29, 1.82) is 5.26 Å². The molecule has 0 amide bonds. The molecule has 2 N–H and O–H groups in total. The van der Waals surface area contributed by atoms with Crippen LogP contribution in [-0.4, -0.2) is 4.98 Å². The summed E-state index contributed by atoms with van der Waals surface area (Å²) in [5.74, 6) is 0. The van der Waals surface area contributed by atoms with Crippen molar-refractivity contribution >= 4 is 39.7 Å². The summed E-state index contributed by atoms with van der Waals surface area (Å²) in [6.45, 7) is 0. The van der Waals surface area contributed by atoms with Crippen LogP contribution in [0.3, 0.4) is 0 Å². The van der Waals surface area contributed by atoms with Crippen LogP contribution < -0.4 is 5.73 Å². The molecule has 6 heteroatoms. The molecule has 3 aromatic rings. The Balaban J connectivity index is 2.29. The SMILES string of the molecule is N#Cc1sc(-c2cncs2)c(-c2cccs2)c1N. The third kappa shape index (κ3) is 1.73. The van der Waals surface area contributed by atoms with E-state index in [-0.39, 0.29) is 0 Å². The van der Waals surface area contributed by atoms with Crippen LogP contribution in [0.5, 0.6) is 0 Å². The molecule has 3 heterocycles. The Morgan fingerprint density at radius 2 is 2.17 bits per heavy atom. The van der Waals surface area contributed by atoms with Gasteiger partial charge in [-0.1, -0.05) is 6.07 Å². The van der Waals surface area contributed by atoms with Gasteiger partial charge in [0.15, 0.2) is 0 Å². The quantitative estimate of drug-likeness (QED) is 0.774. The van der Waals surface area contributed by atoms with Gasteiger partial charge in [0.1, 0.15) is 10.9 Å². The number of hydrogen-bond donors (Lipinski definition) is 1. The van der Waals surface area contributed by atoms with Crippen LogP contribution in [0.25, 0.3) is 20.2 Å². The summed E-state index contributed by atoms with van der Waals surface area (Å²) in [6, 6.07) is 6.17. The number of hydrogen-bond acceptors (Lipinski definition) is 6. The maximum atomic E-state index is 9.12. The van der Waals surface area contributed by atoms with E-state index in [2.05, 4.69) is 11.1 Å². The normalized spacial score (nSPS) is 10.4. The summed E-state index contributed by atoms with van der Waals surface area (Å²) in [5.41, 5.74) is 9.42. The number of nitrogens with two attached hydrogens (primary N) is 1. The van der Waals surface area contributed by atoms with Gasteiger partial charge in [0.05, 0.1) is 21.0 Å². The molecule has 0 aliphatic carbocycles. The molecule has 3 nitrogen and oxygen atoms in total. The molecular weight excluding hydrogens is 282 g/mol. The summed E-state index contributed by atoms with van der Waals surface area (Å²) in [6.07, 6.45) is 1.81. The number of aromatic nitrogens is 1. The average molecular weight is 289 g/mol. The highest BCUT2D eigenvalue weighted by atomic mass is 32.1. The largest absolute Gasteiger partial charge is 0.396 e. The highest BCUT2D eigenvalue weighted by Crippen LogP contribution is 2.46. The third-order valence-electron chi connectivity index (χ3n) is 2.47. The Labute approximate surface area is 116 Å². The van der Waals surface area contributed by atoms with Gasteiger partial charge >= 0.3 is 0 Å². The van der Waals surface area contributed by atoms with Crippen molar-refractivity contribution in [2.75, 3.05) is 5.73 Å². The first-order chi connectivity index (χ1) is 8.81. The monoisotopic (exact) mass is 289 g/mol. The first kappa shape index (κ1) is 11.4. The van der Waals surface area contributed by atoms with Gasteiger partial charge in [0.2, 0.25) is 0 Å². The maximum absolute atomic E-state index is 9.12. The predicted molar refractivity (Wildman–Crippen MR) is 77.9 cm³/mol. The smallest absolute Gasteiger partial charge is 0.129 e. The van der Waals surface area contributed by atoms with Crippen LogP contribution in [0.15, 0.2) is 29.2 Å². The molecule has 0 aromatic carbocycles. The van der Waals surface area contributed by atoms with Crippen LogP contribution in [0.2, 0.25) is 0 Å². The molecule has 0 bridgehead atoms. The lowest BCUT2D eigenvalue weighted by molar-refractivity contribution is 1.43. The number of thiazole rings is 1. The number of anilines is 1. The van der Waals surface area contributed by atoms with Crippen molar-refractivity contribution < 1.29 is 0 Å². The van der Waals surface area contributed by atoms with Gasteiger partial charge in [-0.15, -0.1) is 34.0 Å². The number of nitriles is 1. The summed E-state index contributed by atoms with van der Waals surface area (Å²) in [4.78, 5) is 7.84. The molecule has 3 rings (SSSR count). The van der Waals surface area contributed by atoms with Gasteiger partial charge in [0.25, 0.3) is 0 Å². The van der Waals surface area contributed by atoms with Gasteiger partial charge in [-0.3, -0.25) is 4.98 Å². The van der Waals surface area contributed by atoms with E-state index in [1.807, 2.05) is 23.7 Å². The summed E-state index contributed by atoms with van der Waals surface area (Å²) in [7, 11) is 0. The van der Waals surface area contributed by atoms with Crippen LogP contribution in [0.1, 0.15) is 4.88 Å². The van der Waals surface area contributed by atoms with E-state index < -0.39 is 0 Å². The lowest BCUT2D eigenvalue weighted by Crippen LogP contribution is -1.87. The second-order valence-electron chi connectivity index (χ2n) is 3.50. The second-order valence-corrected chi connectivity index (χ2v) is 6.36. The molecule has 0 aliphatic heterocycles. The molecule has 0 unspecified atom stereocenters. The first-order valence-electron chi connectivity index (χ1n) is 5.06. The third-order valence-corrected chi connectivity index (χ3v) is 5.42. The predicted octanol–water partition coefficient (Wildman–Crippen LogP) is 4.05. The van der Waals surface area contributed by atoms with Crippen LogP contribution in [0.4, 0.5) is 5.69 Å². The van der Waals surface area contributed by atoms with Gasteiger partial charge < -0.3 is 5.73 Å². The minimum absolute atomic E-state index is 0.571. The Bertz CT molecular complexity index is 703. The first-order valence-corrected chi connectivity index (χ1v) is 7.64. The van der Waals surface area contributed by atoms with Crippen molar-refractivity contribution in [2.24, 2.45) is 0 Å². The molecular formula is C12H7N3S3. The zero-order valence-electron chi connectivity index (χ0n) is 9.08. The zero-order chi connectivity index (χ0) is 12.5. The van der Waals surface area contributed by atoms with Gasteiger partial charge in [-0.2, -0.15) is 5.26 Å². The molecule has 0 saturated carbocycles. The highest BCUT2D eigenvalue weighted by Gasteiger charge is 2.20. The summed E-state index contributed by atoms with van der Waals surface area (Å²) >= 11 is 4.62. The minimum atomic E-state index is 0.571. The number of rotatable bonds is 2. The molecule has 0 saturated heterocycles. The highest BCUT2D eigenvalue weighted by molar-refractivity contribution is 7.23. The standard InChI is InChI=1S/C12H7N3S3/c13-4-8-11(14)10(7-2-1-3-16-7)12(18-8)9-5-15-6-17-9/h1-3,5-6H,14H2. The molecule has 0 radical (unpaired) electrons. The zero-order valence-corrected chi connectivity index (χ0v) is 11.5. The fourth-order valence-corrected chi connectivity index (χ4v) is 4.32. The van der Waals surface area contributed by atoms with E-state index >= 15 is 0 Å². The fourth-order valence-electron chi connectivity index (χ4n) is 1.69. The van der Waals surface area contributed by atoms with Crippen molar-refractivity contribution in [3.63, 3.8) is 0 Å². The van der Waals surface area contributed by atoms with Crippen LogP contribution in [0, 0.1) is 11.3 Å². The number of thiophene rings is 2. The lowest BCUT2D eigenvalue weighted by atomic mass is 10.1. The van der Waals surface area contributed by atoms with E-state index in [0.29, 0.717) is 10.6 Å². The molecule has 88 valence electrons. The molecule has 3 aromatic heterocycles. The average Bonchev–Trinajstić information content (AvgIpc) is 3.08. The van der Waals surface area contributed by atoms with Gasteiger partial charge in [0, 0.05) is 16.6 Å². The molecule has 0 spiro atoms. The van der Waals surface area contributed by atoms with Crippen molar-refractivity contribution in [3.05, 3.63) is 34.1 Å². The van der Waals surface area contributed by atoms with Crippen molar-refractivity contribution in [3.8, 4) is 26.3 Å². The van der Waals surface area contributed by atoms with E-state index in [0.717, 1.165) is 20.2 Å². The van der Waals surface area contributed by atoms with Gasteiger partial charge in [-0.25, -0.2) is 0 Å². The molecule has 0 fully saturated rings. The topological polar surface area (TPSA) is 62.7 Å². The lowest BCUT2D eigenvalue weighted by Gasteiger charge is -2.00. The van der Waals surface area contributed by atoms with E-state index in [4.69, 9.17) is 11.0 Å². The Morgan fingerprint density at radius 1 is 1.28 bits per heavy atom. The maximum Gasteiger partial charge on any atom is 0.129 e. The molecule has 0 aliphatic rings. The molecule has 0 atom stereocenters. The van der Waals surface area contributed by atoms with Gasteiger partial charge in [-0.05, 0) is 11.4 Å². The van der Waals surface area contributed by atoms with Crippen LogP contribution >= 0.6 is 34.0 Å². The Hall–Kier alpha value is -1.68. The van der Waals surface area contributed by atoms with Crippen LogP contribution in [-0.2, 0) is 0 Å². The second kappa shape index (κ2) is 4.53. The Kier molecular flexibility index (Phi) is 2.88. The number of nitrogens with zero attached hydrogens (tertiary/aromatic N) is 2. The number of nitrogen functional groups attached to an aromatic ring is 1. The summed E-state index contributed by atoms with van der Waals surface area (Å²) in [5, 5.41) is 11.1. The van der Waals surface area contributed by atoms with Crippen molar-refractivity contribution in [1.82, 2.24) is 4.98 Å². The van der Waals surface area contributed by atoms with E-state index in [1.54, 1.807) is 28.2 Å². The van der Waals surface area contributed by atoms with E-state index in [1.165, 1.54) is 11.3 Å². The molecule has 18 heavy (non-hydrogen) atoms. The van der Waals surface area contributed by atoms with E-state index in [9.17, 15) is 0 Å². The summed E-state index contributed by atoms with van der Waals surface area (Å²) < 4.78 is 0. The fraction of sp³-hybridized carbons (Fsp3) is 0.